The molecule has 1 heterocycles. The van der Waals surface area contributed by atoms with Crippen LogP contribution in [0.4, 0.5) is 0 Å². The SMILES string of the molecule is Cc1nc(SC(C(C)N)C(C)(C)C)nc(C)c1C. The van der Waals surface area contributed by atoms with E-state index in [1.807, 2.05) is 13.8 Å². The monoisotopic (exact) mass is 267 g/mol. The second kappa shape index (κ2) is 5.57. The van der Waals surface area contributed by atoms with E-state index >= 15 is 0 Å². The minimum absolute atomic E-state index is 0.112. The van der Waals surface area contributed by atoms with Gasteiger partial charge in [-0.1, -0.05) is 32.5 Å². The summed E-state index contributed by atoms with van der Waals surface area (Å²) in [6.07, 6.45) is 0. The van der Waals surface area contributed by atoms with Crippen LogP contribution in [0.3, 0.4) is 0 Å². The maximum absolute atomic E-state index is 6.10. The summed E-state index contributed by atoms with van der Waals surface area (Å²) >= 11 is 1.69. The highest BCUT2D eigenvalue weighted by Gasteiger charge is 2.30. The number of hydrogen-bond acceptors (Lipinski definition) is 4. The first-order chi connectivity index (χ1) is 8.12. The van der Waals surface area contributed by atoms with Crippen LogP contribution in [0.1, 0.15) is 44.6 Å². The Morgan fingerprint density at radius 3 is 1.83 bits per heavy atom. The largest absolute Gasteiger partial charge is 0.327 e. The maximum atomic E-state index is 6.10. The lowest BCUT2D eigenvalue weighted by atomic mass is 9.88. The number of aryl methyl sites for hydroxylation is 2. The molecule has 0 fully saturated rings. The van der Waals surface area contributed by atoms with Gasteiger partial charge in [-0.15, -0.1) is 0 Å². The molecule has 0 radical (unpaired) electrons. The molecule has 18 heavy (non-hydrogen) atoms. The van der Waals surface area contributed by atoms with Crippen LogP contribution in [0.25, 0.3) is 0 Å². The molecule has 0 saturated carbocycles. The van der Waals surface area contributed by atoms with Gasteiger partial charge in [0.2, 0.25) is 0 Å². The van der Waals surface area contributed by atoms with Crippen LogP contribution < -0.4 is 5.73 Å². The van der Waals surface area contributed by atoms with Gasteiger partial charge < -0.3 is 5.73 Å². The Kier molecular flexibility index (Phi) is 4.78. The summed E-state index contributed by atoms with van der Waals surface area (Å²) in [5.74, 6) is 0. The first-order valence-electron chi connectivity index (χ1n) is 6.37. The summed E-state index contributed by atoms with van der Waals surface area (Å²) in [6, 6.07) is 0.112. The molecule has 0 aromatic carbocycles. The van der Waals surface area contributed by atoms with Crippen molar-refractivity contribution in [3.05, 3.63) is 17.0 Å². The van der Waals surface area contributed by atoms with Crippen molar-refractivity contribution in [2.45, 2.75) is 64.9 Å². The van der Waals surface area contributed by atoms with Crippen LogP contribution in [0, 0.1) is 26.2 Å². The summed E-state index contributed by atoms with van der Waals surface area (Å²) in [7, 11) is 0. The summed E-state index contributed by atoms with van der Waals surface area (Å²) in [6.45, 7) is 14.8. The minimum atomic E-state index is 0.112. The average molecular weight is 267 g/mol. The van der Waals surface area contributed by atoms with Crippen molar-refractivity contribution in [1.82, 2.24) is 9.97 Å². The van der Waals surface area contributed by atoms with E-state index in [4.69, 9.17) is 5.73 Å². The zero-order valence-corrected chi connectivity index (χ0v) is 13.4. The molecule has 3 nitrogen and oxygen atoms in total. The second-order valence-corrected chi connectivity index (χ2v) is 7.17. The molecule has 0 amide bonds. The van der Waals surface area contributed by atoms with Crippen molar-refractivity contribution < 1.29 is 0 Å². The molecule has 2 atom stereocenters. The van der Waals surface area contributed by atoms with Crippen LogP contribution >= 0.6 is 11.8 Å². The van der Waals surface area contributed by atoms with E-state index < -0.39 is 0 Å². The van der Waals surface area contributed by atoms with Gasteiger partial charge in [-0.05, 0) is 38.7 Å². The molecule has 1 aromatic rings. The normalized spacial score (nSPS) is 15.6. The third-order valence-corrected chi connectivity index (χ3v) is 4.96. The van der Waals surface area contributed by atoms with E-state index in [2.05, 4.69) is 44.6 Å². The van der Waals surface area contributed by atoms with Gasteiger partial charge in [-0.25, -0.2) is 9.97 Å². The number of aromatic nitrogens is 2. The van der Waals surface area contributed by atoms with Crippen molar-refractivity contribution in [1.29, 1.82) is 0 Å². The van der Waals surface area contributed by atoms with Crippen LogP contribution in [-0.4, -0.2) is 21.3 Å². The van der Waals surface area contributed by atoms with Crippen LogP contribution in [-0.2, 0) is 0 Å². The van der Waals surface area contributed by atoms with E-state index in [0.29, 0.717) is 5.25 Å². The Labute approximate surface area is 115 Å². The summed E-state index contributed by atoms with van der Waals surface area (Å²) in [5, 5.41) is 1.15. The predicted molar refractivity (Wildman–Crippen MR) is 79.0 cm³/mol. The fraction of sp³-hybridized carbons (Fsp3) is 0.714. The number of rotatable bonds is 3. The molecule has 0 aliphatic rings. The number of nitrogens with two attached hydrogens (primary N) is 1. The van der Waals surface area contributed by atoms with Crippen molar-refractivity contribution in [3.8, 4) is 0 Å². The lowest BCUT2D eigenvalue weighted by Gasteiger charge is -2.32. The molecule has 0 saturated heterocycles. The second-order valence-electron chi connectivity index (χ2n) is 6.07. The zero-order chi connectivity index (χ0) is 14.1. The van der Waals surface area contributed by atoms with Gasteiger partial charge >= 0.3 is 0 Å². The van der Waals surface area contributed by atoms with Crippen LogP contribution in [0.5, 0.6) is 0 Å². The molecule has 102 valence electrons. The molecular weight excluding hydrogens is 242 g/mol. The van der Waals surface area contributed by atoms with Crippen molar-refractivity contribution in [3.63, 3.8) is 0 Å². The molecule has 4 heteroatoms. The Balaban J connectivity index is 3.02. The Hall–Kier alpha value is -0.610. The average Bonchev–Trinajstić information content (AvgIpc) is 2.20. The highest BCUT2D eigenvalue weighted by Crippen LogP contribution is 2.35. The highest BCUT2D eigenvalue weighted by molar-refractivity contribution is 7.99. The minimum Gasteiger partial charge on any atom is -0.327 e. The standard InChI is InChI=1S/C14H25N3S/c1-8-10(3)16-13(17-11(8)4)18-12(9(2)15)14(5,6)7/h9,12H,15H2,1-7H3. The third kappa shape index (κ3) is 3.69. The Bertz CT molecular complexity index is 399. The first kappa shape index (κ1) is 15.4. The van der Waals surface area contributed by atoms with Gasteiger partial charge in [0.1, 0.15) is 0 Å². The summed E-state index contributed by atoms with van der Waals surface area (Å²) in [4.78, 5) is 9.13. The number of thioether (sulfide) groups is 1. The van der Waals surface area contributed by atoms with E-state index in [1.165, 1.54) is 5.56 Å². The lowest BCUT2D eigenvalue weighted by molar-refractivity contribution is 0.363. The van der Waals surface area contributed by atoms with E-state index in [9.17, 15) is 0 Å². The molecule has 0 bridgehead atoms. The topological polar surface area (TPSA) is 51.8 Å². The quantitative estimate of drug-likeness (QED) is 0.674. The maximum Gasteiger partial charge on any atom is 0.188 e. The fourth-order valence-corrected chi connectivity index (χ4v) is 3.16. The Morgan fingerprint density at radius 2 is 1.50 bits per heavy atom. The van der Waals surface area contributed by atoms with Gasteiger partial charge in [-0.2, -0.15) is 0 Å². The third-order valence-electron chi connectivity index (χ3n) is 3.18. The zero-order valence-electron chi connectivity index (χ0n) is 12.5. The van der Waals surface area contributed by atoms with Crippen molar-refractivity contribution in [2.75, 3.05) is 0 Å². The summed E-state index contributed by atoms with van der Waals surface area (Å²) in [5.41, 5.74) is 9.52. The summed E-state index contributed by atoms with van der Waals surface area (Å²) < 4.78 is 0. The lowest BCUT2D eigenvalue weighted by Crippen LogP contribution is -2.39. The van der Waals surface area contributed by atoms with Crippen LogP contribution in [0.15, 0.2) is 5.16 Å². The predicted octanol–water partition coefficient (Wildman–Crippen LogP) is 3.26. The van der Waals surface area contributed by atoms with Gasteiger partial charge in [0.25, 0.3) is 0 Å². The molecule has 0 aliphatic carbocycles. The van der Waals surface area contributed by atoms with Crippen molar-refractivity contribution in [2.24, 2.45) is 11.1 Å². The van der Waals surface area contributed by atoms with Gasteiger partial charge in [0.15, 0.2) is 5.16 Å². The fourth-order valence-electron chi connectivity index (χ4n) is 1.98. The molecule has 0 spiro atoms. The molecule has 1 aromatic heterocycles. The molecule has 2 N–H and O–H groups in total. The van der Waals surface area contributed by atoms with E-state index in [0.717, 1.165) is 16.5 Å². The Morgan fingerprint density at radius 1 is 1.06 bits per heavy atom. The first-order valence-corrected chi connectivity index (χ1v) is 7.25. The van der Waals surface area contributed by atoms with Crippen LogP contribution in [0.2, 0.25) is 0 Å². The molecule has 2 unspecified atom stereocenters. The van der Waals surface area contributed by atoms with Gasteiger partial charge in [0.05, 0.1) is 0 Å². The molecule has 0 aliphatic heterocycles. The number of nitrogens with zero attached hydrogens (tertiary/aromatic N) is 2. The molecular formula is C14H25N3S. The highest BCUT2D eigenvalue weighted by atomic mass is 32.2. The number of hydrogen-bond donors (Lipinski definition) is 1. The smallest absolute Gasteiger partial charge is 0.188 e. The van der Waals surface area contributed by atoms with Gasteiger partial charge in [0, 0.05) is 22.7 Å². The van der Waals surface area contributed by atoms with Crippen molar-refractivity contribution >= 4 is 11.8 Å². The molecule has 1 rings (SSSR count). The van der Waals surface area contributed by atoms with E-state index in [-0.39, 0.29) is 11.5 Å². The van der Waals surface area contributed by atoms with E-state index in [1.54, 1.807) is 11.8 Å². The van der Waals surface area contributed by atoms with Gasteiger partial charge in [-0.3, -0.25) is 0 Å².